The number of carbonyl (C=O) groups excluding carboxylic acids is 2. The van der Waals surface area contributed by atoms with E-state index in [-0.39, 0.29) is 41.3 Å². The molecule has 6 nitrogen and oxygen atoms in total. The quantitative estimate of drug-likeness (QED) is 0.828. The third-order valence-corrected chi connectivity index (χ3v) is 4.24. The Morgan fingerprint density at radius 2 is 1.90 bits per heavy atom. The molecular formula is C14H14N2O4. The molecule has 2 fully saturated rings. The number of carboxylic acids is 1. The third-order valence-electron chi connectivity index (χ3n) is 4.24. The lowest BCUT2D eigenvalue weighted by Gasteiger charge is -2.20. The molecule has 2 amide bonds. The predicted octanol–water partition coefficient (Wildman–Crippen LogP) is 0.921. The molecule has 2 atom stereocenters. The van der Waals surface area contributed by atoms with Gasteiger partial charge in [-0.25, -0.2) is 9.78 Å². The number of hydrogen-bond acceptors (Lipinski definition) is 4. The van der Waals surface area contributed by atoms with Crippen LogP contribution in [0.3, 0.4) is 0 Å². The van der Waals surface area contributed by atoms with Crippen molar-refractivity contribution in [1.82, 2.24) is 9.88 Å². The Balaban J connectivity index is 1.80. The predicted molar refractivity (Wildman–Crippen MR) is 67.5 cm³/mol. The summed E-state index contributed by atoms with van der Waals surface area (Å²) in [6, 6.07) is 4.55. The van der Waals surface area contributed by atoms with Crippen molar-refractivity contribution in [3.8, 4) is 0 Å². The number of fused-ring (bicyclic) bond motifs is 1. The minimum absolute atomic E-state index is 0.0435. The molecule has 0 bridgehead atoms. The number of nitrogens with zero attached hydrogens (tertiary/aromatic N) is 2. The van der Waals surface area contributed by atoms with E-state index >= 15 is 0 Å². The SMILES string of the molecule is CC1(C)C2C(=O)N(Cc3cccc(C(=O)O)n3)C(=O)C21. The molecule has 0 spiro atoms. The number of imide groups is 1. The summed E-state index contributed by atoms with van der Waals surface area (Å²) in [5.41, 5.74) is 0.0823. The summed E-state index contributed by atoms with van der Waals surface area (Å²) in [7, 11) is 0. The first kappa shape index (κ1) is 12.8. The van der Waals surface area contributed by atoms with Gasteiger partial charge in [0.2, 0.25) is 11.8 Å². The van der Waals surface area contributed by atoms with E-state index in [1.165, 1.54) is 11.0 Å². The summed E-state index contributed by atoms with van der Waals surface area (Å²) < 4.78 is 0. The number of aromatic nitrogens is 1. The van der Waals surface area contributed by atoms with Gasteiger partial charge < -0.3 is 5.11 Å². The molecule has 1 aromatic heterocycles. The number of piperidine rings is 1. The van der Waals surface area contributed by atoms with Crippen LogP contribution in [0.1, 0.15) is 30.0 Å². The van der Waals surface area contributed by atoms with Crippen LogP contribution in [-0.4, -0.2) is 32.8 Å². The highest BCUT2D eigenvalue weighted by atomic mass is 16.4. The van der Waals surface area contributed by atoms with Crippen molar-refractivity contribution in [2.45, 2.75) is 20.4 Å². The largest absolute Gasteiger partial charge is 0.477 e. The number of aromatic carboxylic acids is 1. The molecule has 20 heavy (non-hydrogen) atoms. The number of carboxylic acid groups (broad SMARTS) is 1. The van der Waals surface area contributed by atoms with Crippen molar-refractivity contribution in [2.24, 2.45) is 17.3 Å². The van der Waals surface area contributed by atoms with Gasteiger partial charge in [-0.3, -0.25) is 14.5 Å². The maximum atomic E-state index is 12.2. The molecule has 0 radical (unpaired) electrons. The Morgan fingerprint density at radius 3 is 2.45 bits per heavy atom. The summed E-state index contributed by atoms with van der Waals surface area (Å²) in [4.78, 5) is 40.3. The van der Waals surface area contributed by atoms with E-state index in [9.17, 15) is 14.4 Å². The van der Waals surface area contributed by atoms with E-state index in [0.717, 1.165) is 0 Å². The molecule has 3 rings (SSSR count). The Morgan fingerprint density at radius 1 is 1.30 bits per heavy atom. The molecule has 1 aromatic rings. The first-order chi connectivity index (χ1) is 9.34. The van der Waals surface area contributed by atoms with E-state index in [4.69, 9.17) is 5.11 Å². The summed E-state index contributed by atoms with van der Waals surface area (Å²) in [5.74, 6) is -1.93. The van der Waals surface area contributed by atoms with Gasteiger partial charge in [-0.1, -0.05) is 19.9 Å². The lowest BCUT2D eigenvalue weighted by Crippen LogP contribution is -2.36. The van der Waals surface area contributed by atoms with Gasteiger partial charge in [-0.2, -0.15) is 0 Å². The maximum absolute atomic E-state index is 12.2. The van der Waals surface area contributed by atoms with Gasteiger partial charge in [-0.15, -0.1) is 0 Å². The molecule has 1 aliphatic heterocycles. The third kappa shape index (κ3) is 1.64. The van der Waals surface area contributed by atoms with E-state index in [1.807, 2.05) is 13.8 Å². The van der Waals surface area contributed by atoms with Crippen molar-refractivity contribution in [3.63, 3.8) is 0 Å². The molecule has 6 heteroatoms. The fraction of sp³-hybridized carbons (Fsp3) is 0.429. The summed E-state index contributed by atoms with van der Waals surface area (Å²) in [5, 5.41) is 8.88. The molecule has 0 aromatic carbocycles. The first-order valence-electron chi connectivity index (χ1n) is 6.38. The molecule has 1 aliphatic carbocycles. The van der Waals surface area contributed by atoms with Gasteiger partial charge in [0.1, 0.15) is 5.69 Å². The van der Waals surface area contributed by atoms with Gasteiger partial charge >= 0.3 is 5.97 Å². The zero-order chi connectivity index (χ0) is 14.7. The first-order valence-corrected chi connectivity index (χ1v) is 6.38. The highest BCUT2D eigenvalue weighted by Gasteiger charge is 2.72. The Labute approximate surface area is 115 Å². The normalized spacial score (nSPS) is 26.6. The molecule has 2 heterocycles. The summed E-state index contributed by atoms with van der Waals surface area (Å²) >= 11 is 0. The Bertz CT molecular complexity index is 614. The van der Waals surface area contributed by atoms with E-state index in [2.05, 4.69) is 4.98 Å². The molecule has 2 unspecified atom stereocenters. The van der Waals surface area contributed by atoms with Crippen LogP contribution in [-0.2, 0) is 16.1 Å². The highest BCUT2D eigenvalue weighted by Crippen LogP contribution is 2.63. The Hall–Kier alpha value is -2.24. The van der Waals surface area contributed by atoms with E-state index in [0.29, 0.717) is 5.69 Å². The standard InChI is InChI=1S/C14H14N2O4/c1-14(2)9-10(14)12(18)16(11(9)17)6-7-4-3-5-8(15-7)13(19)20/h3-5,9-10H,6H2,1-2H3,(H,19,20). The van der Waals surface area contributed by atoms with Crippen molar-refractivity contribution in [1.29, 1.82) is 0 Å². The molecular weight excluding hydrogens is 260 g/mol. The van der Waals surface area contributed by atoms with Crippen molar-refractivity contribution in [2.75, 3.05) is 0 Å². The van der Waals surface area contributed by atoms with E-state index < -0.39 is 5.97 Å². The topological polar surface area (TPSA) is 87.6 Å². The molecule has 1 N–H and O–H groups in total. The molecule has 1 saturated carbocycles. The van der Waals surface area contributed by atoms with Crippen LogP contribution in [0.25, 0.3) is 0 Å². The average molecular weight is 274 g/mol. The van der Waals surface area contributed by atoms with Crippen LogP contribution in [0.5, 0.6) is 0 Å². The van der Waals surface area contributed by atoms with Gasteiger partial charge in [-0.05, 0) is 17.5 Å². The van der Waals surface area contributed by atoms with E-state index in [1.54, 1.807) is 12.1 Å². The summed E-state index contributed by atoms with van der Waals surface area (Å²) in [6.07, 6.45) is 0. The average Bonchev–Trinajstić information content (AvgIpc) is 2.87. The van der Waals surface area contributed by atoms with Gasteiger partial charge in [0.05, 0.1) is 24.1 Å². The second kappa shape index (κ2) is 3.88. The number of rotatable bonds is 3. The van der Waals surface area contributed by atoms with Crippen molar-refractivity contribution in [3.05, 3.63) is 29.6 Å². The molecule has 104 valence electrons. The van der Waals surface area contributed by atoms with Crippen molar-refractivity contribution >= 4 is 17.8 Å². The lowest BCUT2D eigenvalue weighted by atomic mass is 10.1. The zero-order valence-corrected chi connectivity index (χ0v) is 11.2. The number of amides is 2. The lowest BCUT2D eigenvalue weighted by molar-refractivity contribution is -0.143. The highest BCUT2D eigenvalue weighted by molar-refractivity contribution is 6.10. The minimum atomic E-state index is -1.13. The van der Waals surface area contributed by atoms with Crippen LogP contribution in [0.4, 0.5) is 0 Å². The monoisotopic (exact) mass is 274 g/mol. The van der Waals surface area contributed by atoms with Gasteiger partial charge in [0.25, 0.3) is 0 Å². The number of hydrogen-bond donors (Lipinski definition) is 1. The second-order valence-electron chi connectivity index (χ2n) is 5.86. The van der Waals surface area contributed by atoms with Crippen LogP contribution < -0.4 is 0 Å². The smallest absolute Gasteiger partial charge is 0.354 e. The van der Waals surface area contributed by atoms with Crippen LogP contribution >= 0.6 is 0 Å². The zero-order valence-electron chi connectivity index (χ0n) is 11.2. The van der Waals surface area contributed by atoms with Crippen LogP contribution in [0.2, 0.25) is 0 Å². The molecule has 2 aliphatic rings. The molecule has 1 saturated heterocycles. The summed E-state index contributed by atoms with van der Waals surface area (Å²) in [6.45, 7) is 3.87. The van der Waals surface area contributed by atoms with Crippen LogP contribution in [0.15, 0.2) is 18.2 Å². The van der Waals surface area contributed by atoms with Crippen LogP contribution in [0, 0.1) is 17.3 Å². The Kier molecular flexibility index (Phi) is 2.48. The maximum Gasteiger partial charge on any atom is 0.354 e. The fourth-order valence-corrected chi connectivity index (χ4v) is 3.01. The number of carbonyl (C=O) groups is 3. The fourth-order valence-electron chi connectivity index (χ4n) is 3.01. The number of likely N-dealkylation sites (tertiary alicyclic amines) is 1. The number of pyridine rings is 1. The van der Waals surface area contributed by atoms with Gasteiger partial charge in [0, 0.05) is 0 Å². The minimum Gasteiger partial charge on any atom is -0.477 e. The second-order valence-corrected chi connectivity index (χ2v) is 5.86. The van der Waals surface area contributed by atoms with Crippen molar-refractivity contribution < 1.29 is 19.5 Å². The van der Waals surface area contributed by atoms with Gasteiger partial charge in [0.15, 0.2) is 0 Å².